The first kappa shape index (κ1) is 18.6. The second-order valence-corrected chi connectivity index (χ2v) is 8.93. The number of benzene rings is 3. The van der Waals surface area contributed by atoms with Crippen LogP contribution in [0.2, 0.25) is 5.02 Å². The molecule has 6 heteroatoms. The van der Waals surface area contributed by atoms with Crippen LogP contribution in [0.4, 0.5) is 11.4 Å². The van der Waals surface area contributed by atoms with E-state index in [1.54, 1.807) is 22.7 Å². The van der Waals surface area contributed by atoms with Crippen LogP contribution in [0.3, 0.4) is 0 Å². The third-order valence-electron chi connectivity index (χ3n) is 4.64. The summed E-state index contributed by atoms with van der Waals surface area (Å²) in [6, 6.07) is 24.7. The Bertz CT molecular complexity index is 1240. The van der Waals surface area contributed by atoms with Crippen molar-refractivity contribution >= 4 is 56.6 Å². The summed E-state index contributed by atoms with van der Waals surface area (Å²) in [6.45, 7) is 0. The molecule has 5 rings (SSSR count). The van der Waals surface area contributed by atoms with E-state index in [-0.39, 0.29) is 11.7 Å². The number of hydrogen-bond acceptors (Lipinski definition) is 3. The van der Waals surface area contributed by atoms with Gasteiger partial charge in [0.25, 0.3) is 5.91 Å². The van der Waals surface area contributed by atoms with E-state index in [4.69, 9.17) is 16.0 Å². The van der Waals surface area contributed by atoms with E-state index in [1.807, 2.05) is 72.8 Å². The van der Waals surface area contributed by atoms with E-state index in [2.05, 4.69) is 15.9 Å². The second-order valence-electron chi connectivity index (χ2n) is 6.49. The lowest BCUT2D eigenvalue weighted by Gasteiger charge is -2.30. The van der Waals surface area contributed by atoms with Gasteiger partial charge in [-0.3, -0.25) is 9.69 Å². The zero-order valence-electron chi connectivity index (χ0n) is 14.9. The molecule has 0 fully saturated rings. The highest BCUT2D eigenvalue weighted by Crippen LogP contribution is 2.49. The molecule has 0 radical (unpaired) electrons. The highest BCUT2D eigenvalue weighted by molar-refractivity contribution is 9.10. The number of carbonyl (C=O) groups is 1. The van der Waals surface area contributed by atoms with Crippen LogP contribution in [-0.2, 0) is 0 Å². The fourth-order valence-electron chi connectivity index (χ4n) is 3.28. The van der Waals surface area contributed by atoms with Gasteiger partial charge in [0.05, 0.1) is 11.4 Å². The molecule has 3 nitrogen and oxygen atoms in total. The van der Waals surface area contributed by atoms with Gasteiger partial charge in [0.15, 0.2) is 5.76 Å². The van der Waals surface area contributed by atoms with Crippen molar-refractivity contribution in [3.8, 4) is 11.3 Å². The van der Waals surface area contributed by atoms with E-state index < -0.39 is 0 Å². The summed E-state index contributed by atoms with van der Waals surface area (Å²) < 4.78 is 6.92. The smallest absolute Gasteiger partial charge is 0.298 e. The zero-order chi connectivity index (χ0) is 20.0. The minimum absolute atomic E-state index is 0.232. The van der Waals surface area contributed by atoms with Gasteiger partial charge >= 0.3 is 0 Å². The molecule has 0 atom stereocenters. The Kier molecular flexibility index (Phi) is 4.74. The first-order valence-corrected chi connectivity index (χ1v) is 10.9. The minimum atomic E-state index is -0.232. The van der Waals surface area contributed by atoms with Crippen LogP contribution in [0.15, 0.2) is 97.5 Å². The number of hydrogen-bond donors (Lipinski definition) is 0. The van der Waals surface area contributed by atoms with E-state index in [9.17, 15) is 4.79 Å². The van der Waals surface area contributed by atoms with Crippen LogP contribution in [0, 0.1) is 0 Å². The van der Waals surface area contributed by atoms with Crippen molar-refractivity contribution in [2.45, 2.75) is 9.79 Å². The topological polar surface area (TPSA) is 33.5 Å². The van der Waals surface area contributed by atoms with Crippen LogP contribution >= 0.6 is 39.3 Å². The highest BCUT2D eigenvalue weighted by atomic mass is 79.9. The molecule has 0 saturated heterocycles. The summed E-state index contributed by atoms with van der Waals surface area (Å²) in [6.07, 6.45) is 0. The third-order valence-corrected chi connectivity index (χ3v) is 6.53. The Morgan fingerprint density at radius 3 is 2.48 bits per heavy atom. The van der Waals surface area contributed by atoms with Gasteiger partial charge < -0.3 is 4.42 Å². The molecule has 1 aliphatic heterocycles. The van der Waals surface area contributed by atoms with E-state index >= 15 is 0 Å². The maximum absolute atomic E-state index is 13.5. The molecule has 1 aliphatic rings. The van der Waals surface area contributed by atoms with E-state index in [0.717, 1.165) is 31.2 Å². The molecule has 2 heterocycles. The largest absolute Gasteiger partial charge is 0.451 e. The lowest BCUT2D eigenvalue weighted by atomic mass is 10.2. The fourth-order valence-corrected chi connectivity index (χ4v) is 4.75. The molecule has 3 aromatic carbocycles. The first-order valence-electron chi connectivity index (χ1n) is 8.87. The number of furan rings is 1. The number of anilines is 2. The van der Waals surface area contributed by atoms with Gasteiger partial charge in [-0.05, 0) is 54.6 Å². The van der Waals surface area contributed by atoms with Crippen LogP contribution in [-0.4, -0.2) is 5.91 Å². The lowest BCUT2D eigenvalue weighted by molar-refractivity contribution is 0.0972. The second kappa shape index (κ2) is 7.41. The van der Waals surface area contributed by atoms with Gasteiger partial charge in [-0.1, -0.05) is 63.6 Å². The summed E-state index contributed by atoms with van der Waals surface area (Å²) in [5, 5.41) is 0.580. The maximum Gasteiger partial charge on any atom is 0.298 e. The molecule has 0 spiro atoms. The molecular weight excluding hydrogens is 470 g/mol. The molecule has 0 saturated carbocycles. The normalized spacial score (nSPS) is 12.4. The van der Waals surface area contributed by atoms with Gasteiger partial charge in [0.2, 0.25) is 0 Å². The Morgan fingerprint density at radius 1 is 0.897 bits per heavy atom. The van der Waals surface area contributed by atoms with Crippen LogP contribution in [0.25, 0.3) is 11.3 Å². The SMILES string of the molecule is O=C(c1ccc(-c2ccc(Br)cc2)o1)N1c2ccccc2Sc2ccc(Cl)cc21. The molecule has 0 N–H and O–H groups in total. The van der Waals surface area contributed by atoms with Crippen molar-refractivity contribution in [1.82, 2.24) is 0 Å². The van der Waals surface area contributed by atoms with E-state index in [1.165, 1.54) is 0 Å². The van der Waals surface area contributed by atoms with Crippen molar-refractivity contribution in [2.75, 3.05) is 4.90 Å². The molecule has 0 aliphatic carbocycles. The molecule has 0 unspecified atom stereocenters. The Hall–Kier alpha value is -2.47. The fraction of sp³-hybridized carbons (Fsp3) is 0. The van der Waals surface area contributed by atoms with Crippen molar-refractivity contribution in [3.63, 3.8) is 0 Å². The van der Waals surface area contributed by atoms with Gasteiger partial charge in [-0.2, -0.15) is 0 Å². The van der Waals surface area contributed by atoms with Gasteiger partial charge in [-0.15, -0.1) is 0 Å². The van der Waals surface area contributed by atoms with E-state index in [0.29, 0.717) is 10.8 Å². The summed E-state index contributed by atoms with van der Waals surface area (Å²) in [4.78, 5) is 17.2. The van der Waals surface area contributed by atoms with Crippen LogP contribution in [0.5, 0.6) is 0 Å². The predicted octanol–water partition coefficient (Wildman–Crippen LogP) is 7.81. The molecule has 1 amide bonds. The Labute approximate surface area is 185 Å². The molecule has 0 bridgehead atoms. The summed E-state index contributed by atoms with van der Waals surface area (Å²) >= 11 is 11.3. The third kappa shape index (κ3) is 3.39. The Morgan fingerprint density at radius 2 is 1.66 bits per heavy atom. The van der Waals surface area contributed by atoms with Crippen LogP contribution in [0.1, 0.15) is 10.6 Å². The number of para-hydroxylation sites is 1. The number of nitrogens with zero attached hydrogens (tertiary/aromatic N) is 1. The minimum Gasteiger partial charge on any atom is -0.451 e. The van der Waals surface area contributed by atoms with Crippen LogP contribution < -0.4 is 4.90 Å². The average molecular weight is 483 g/mol. The average Bonchev–Trinajstić information content (AvgIpc) is 3.22. The van der Waals surface area contributed by atoms with Gasteiger partial charge in [0, 0.05) is 24.8 Å². The molecule has 4 aromatic rings. The number of halogens is 2. The molecule has 1 aromatic heterocycles. The zero-order valence-corrected chi connectivity index (χ0v) is 18.1. The van der Waals surface area contributed by atoms with Crippen molar-refractivity contribution in [3.05, 3.63) is 94.1 Å². The number of rotatable bonds is 2. The van der Waals surface area contributed by atoms with Gasteiger partial charge in [0.1, 0.15) is 5.76 Å². The standard InChI is InChI=1S/C23H13BrClNO2S/c24-15-7-5-14(6-8-15)19-10-11-20(28-19)23(27)26-17-3-1-2-4-21(17)29-22-12-9-16(25)13-18(22)26/h1-13H. The highest BCUT2D eigenvalue weighted by Gasteiger charge is 2.30. The number of fused-ring (bicyclic) bond motifs is 2. The van der Waals surface area contributed by atoms with Crippen molar-refractivity contribution in [1.29, 1.82) is 0 Å². The summed E-state index contributed by atoms with van der Waals surface area (Å²) in [5.74, 6) is 0.687. The first-order chi connectivity index (χ1) is 14.1. The quantitative estimate of drug-likeness (QED) is 0.292. The number of amides is 1. The monoisotopic (exact) mass is 481 g/mol. The predicted molar refractivity (Wildman–Crippen MR) is 120 cm³/mol. The van der Waals surface area contributed by atoms with Crippen molar-refractivity contribution < 1.29 is 9.21 Å². The molecular formula is C23H13BrClNO2S. The lowest BCUT2D eigenvalue weighted by Crippen LogP contribution is -2.28. The number of carbonyl (C=O) groups excluding carboxylic acids is 1. The molecule has 142 valence electrons. The summed E-state index contributed by atoms with van der Waals surface area (Å²) in [5.41, 5.74) is 2.48. The van der Waals surface area contributed by atoms with Gasteiger partial charge in [-0.25, -0.2) is 0 Å². The van der Waals surface area contributed by atoms with Crippen molar-refractivity contribution in [2.24, 2.45) is 0 Å². The summed E-state index contributed by atoms with van der Waals surface area (Å²) in [7, 11) is 0. The Balaban J connectivity index is 1.58. The maximum atomic E-state index is 13.5. The molecule has 29 heavy (non-hydrogen) atoms.